The third kappa shape index (κ3) is 2.44. The normalized spacial score (nSPS) is 15.4. The van der Waals surface area contributed by atoms with Gasteiger partial charge in [0, 0.05) is 0 Å². The lowest BCUT2D eigenvalue weighted by Crippen LogP contribution is -2.23. The van der Waals surface area contributed by atoms with Crippen LogP contribution >= 0.6 is 0 Å². The molecule has 2 atom stereocenters. The summed E-state index contributed by atoms with van der Waals surface area (Å²) < 4.78 is 0. The Labute approximate surface area is 77.8 Å². The maximum absolute atomic E-state index is 9.29. The molecule has 3 heteroatoms. The largest absolute Gasteiger partial charge is 0.508 e. The van der Waals surface area contributed by atoms with Crippen molar-refractivity contribution in [3.63, 3.8) is 0 Å². The number of benzene rings is 1. The van der Waals surface area contributed by atoms with Gasteiger partial charge >= 0.3 is 0 Å². The van der Waals surface area contributed by atoms with Gasteiger partial charge in [-0.3, -0.25) is 0 Å². The summed E-state index contributed by atoms with van der Waals surface area (Å²) in [7, 11) is 0. The first kappa shape index (κ1) is 10.0. The monoisotopic (exact) mass is 181 g/mol. The van der Waals surface area contributed by atoms with Crippen molar-refractivity contribution < 1.29 is 10.2 Å². The van der Waals surface area contributed by atoms with E-state index in [9.17, 15) is 10.2 Å². The zero-order valence-electron chi connectivity index (χ0n) is 7.86. The maximum atomic E-state index is 9.29. The number of aryl methyl sites for hydroxylation is 1. The van der Waals surface area contributed by atoms with Gasteiger partial charge in [-0.1, -0.05) is 6.07 Å². The highest BCUT2D eigenvalue weighted by molar-refractivity contribution is 5.34. The number of phenols is 1. The minimum absolute atomic E-state index is 0.186. The Morgan fingerprint density at radius 2 is 1.92 bits per heavy atom. The number of rotatable bonds is 2. The molecule has 1 rings (SSSR count). The number of aliphatic hydroxyl groups is 1. The summed E-state index contributed by atoms with van der Waals surface area (Å²) in [5.74, 6) is 0.186. The first-order chi connectivity index (χ1) is 6.00. The van der Waals surface area contributed by atoms with Crippen LogP contribution in [0.2, 0.25) is 0 Å². The lowest BCUT2D eigenvalue weighted by molar-refractivity contribution is 0.164. The Morgan fingerprint density at radius 3 is 2.38 bits per heavy atom. The van der Waals surface area contributed by atoms with Gasteiger partial charge in [0.15, 0.2) is 0 Å². The molecule has 0 spiro atoms. The summed E-state index contributed by atoms with van der Waals surface area (Å²) in [6, 6.07) is 4.64. The fourth-order valence-corrected chi connectivity index (χ4v) is 1.26. The molecule has 13 heavy (non-hydrogen) atoms. The quantitative estimate of drug-likeness (QED) is 0.639. The fraction of sp³-hybridized carbons (Fsp3) is 0.400. The predicted octanol–water partition coefficient (Wildman–Crippen LogP) is 1.08. The number of hydrogen-bond acceptors (Lipinski definition) is 3. The van der Waals surface area contributed by atoms with Crippen LogP contribution in [-0.4, -0.2) is 16.3 Å². The summed E-state index contributed by atoms with van der Waals surface area (Å²) in [5, 5.41) is 18.5. The molecule has 0 bridgehead atoms. The summed E-state index contributed by atoms with van der Waals surface area (Å²) in [4.78, 5) is 0. The van der Waals surface area contributed by atoms with Gasteiger partial charge in [0.05, 0.1) is 12.1 Å². The maximum Gasteiger partial charge on any atom is 0.116 e. The van der Waals surface area contributed by atoms with Crippen LogP contribution in [0.5, 0.6) is 5.75 Å². The molecule has 0 saturated heterocycles. The van der Waals surface area contributed by atoms with E-state index in [1.807, 2.05) is 13.0 Å². The molecule has 0 amide bonds. The number of aliphatic hydroxyl groups excluding tert-OH is 1. The first-order valence-corrected chi connectivity index (χ1v) is 4.25. The number of hydrogen-bond donors (Lipinski definition) is 3. The van der Waals surface area contributed by atoms with Crippen LogP contribution in [0, 0.1) is 6.92 Å². The Balaban J connectivity index is 3.01. The van der Waals surface area contributed by atoms with Gasteiger partial charge in [0.1, 0.15) is 5.75 Å². The van der Waals surface area contributed by atoms with Crippen LogP contribution in [0.3, 0.4) is 0 Å². The van der Waals surface area contributed by atoms with E-state index in [2.05, 4.69) is 0 Å². The van der Waals surface area contributed by atoms with Gasteiger partial charge in [-0.25, -0.2) is 0 Å². The molecule has 0 aliphatic carbocycles. The molecule has 4 N–H and O–H groups in total. The first-order valence-electron chi connectivity index (χ1n) is 4.25. The Bertz CT molecular complexity index is 277. The van der Waals surface area contributed by atoms with Gasteiger partial charge in [0.25, 0.3) is 0 Å². The van der Waals surface area contributed by atoms with E-state index >= 15 is 0 Å². The highest BCUT2D eigenvalue weighted by Crippen LogP contribution is 2.21. The van der Waals surface area contributed by atoms with Gasteiger partial charge in [-0.15, -0.1) is 0 Å². The van der Waals surface area contributed by atoms with Crippen molar-refractivity contribution in [1.82, 2.24) is 0 Å². The number of nitrogens with two attached hydrogens (primary N) is 1. The smallest absolute Gasteiger partial charge is 0.116 e. The van der Waals surface area contributed by atoms with Crippen LogP contribution < -0.4 is 5.73 Å². The molecule has 0 unspecified atom stereocenters. The predicted molar refractivity (Wildman–Crippen MR) is 51.5 cm³/mol. The molecule has 72 valence electrons. The second kappa shape index (κ2) is 3.77. The second-order valence-electron chi connectivity index (χ2n) is 3.37. The Kier molecular flexibility index (Phi) is 2.90. The van der Waals surface area contributed by atoms with Gasteiger partial charge < -0.3 is 15.9 Å². The molecule has 0 saturated carbocycles. The van der Waals surface area contributed by atoms with Gasteiger partial charge in [-0.2, -0.15) is 0 Å². The number of phenolic OH excluding ortho intramolecular Hbond substituents is 1. The molecule has 0 aromatic heterocycles. The Morgan fingerprint density at radius 1 is 1.31 bits per heavy atom. The van der Waals surface area contributed by atoms with Crippen molar-refractivity contribution in [1.29, 1.82) is 0 Å². The van der Waals surface area contributed by atoms with E-state index in [0.717, 1.165) is 11.1 Å². The minimum atomic E-state index is -0.610. The van der Waals surface area contributed by atoms with Gasteiger partial charge in [0.2, 0.25) is 0 Å². The molecule has 0 aliphatic rings. The molecular formula is C10H15NO2. The van der Waals surface area contributed by atoms with Crippen molar-refractivity contribution in [2.45, 2.75) is 26.0 Å². The number of aromatic hydroxyl groups is 1. The van der Waals surface area contributed by atoms with Crippen molar-refractivity contribution in [2.75, 3.05) is 0 Å². The van der Waals surface area contributed by atoms with Gasteiger partial charge in [-0.05, 0) is 37.1 Å². The van der Waals surface area contributed by atoms with Crippen molar-refractivity contribution in [2.24, 2.45) is 5.73 Å². The van der Waals surface area contributed by atoms with E-state index < -0.39 is 12.1 Å². The third-order valence-electron chi connectivity index (χ3n) is 1.99. The van der Waals surface area contributed by atoms with E-state index in [1.54, 1.807) is 19.1 Å². The van der Waals surface area contributed by atoms with E-state index in [0.29, 0.717) is 0 Å². The summed E-state index contributed by atoms with van der Waals surface area (Å²) in [6.07, 6.45) is -0.610. The fourth-order valence-electron chi connectivity index (χ4n) is 1.26. The molecule has 0 heterocycles. The molecule has 0 fully saturated rings. The van der Waals surface area contributed by atoms with Crippen molar-refractivity contribution >= 4 is 0 Å². The lowest BCUT2D eigenvalue weighted by Gasteiger charge is -2.15. The summed E-state index contributed by atoms with van der Waals surface area (Å²) in [5.41, 5.74) is 7.41. The highest BCUT2D eigenvalue weighted by atomic mass is 16.3. The third-order valence-corrected chi connectivity index (χ3v) is 1.99. The SMILES string of the molecule is Cc1cc(O)cc([C@H](N)[C@@H](C)O)c1. The Hall–Kier alpha value is -1.06. The van der Waals surface area contributed by atoms with Crippen LogP contribution in [0.4, 0.5) is 0 Å². The standard InChI is InChI=1S/C10H15NO2/c1-6-3-8(5-9(13)4-6)10(11)7(2)12/h3-5,7,10,12-13H,11H2,1-2H3/t7-,10-/m1/s1. The summed E-state index contributed by atoms with van der Waals surface area (Å²) >= 11 is 0. The highest BCUT2D eigenvalue weighted by Gasteiger charge is 2.12. The molecule has 0 aliphatic heterocycles. The van der Waals surface area contributed by atoms with Crippen LogP contribution in [0.15, 0.2) is 18.2 Å². The zero-order valence-corrected chi connectivity index (χ0v) is 7.86. The molecule has 0 radical (unpaired) electrons. The molecular weight excluding hydrogens is 166 g/mol. The van der Waals surface area contributed by atoms with Crippen LogP contribution in [-0.2, 0) is 0 Å². The van der Waals surface area contributed by atoms with Crippen molar-refractivity contribution in [3.05, 3.63) is 29.3 Å². The average molecular weight is 181 g/mol. The topological polar surface area (TPSA) is 66.5 Å². The summed E-state index contributed by atoms with van der Waals surface area (Å²) in [6.45, 7) is 3.50. The molecule has 3 nitrogen and oxygen atoms in total. The zero-order chi connectivity index (χ0) is 10.0. The van der Waals surface area contributed by atoms with E-state index in [1.165, 1.54) is 0 Å². The molecule has 1 aromatic rings. The average Bonchev–Trinajstić information content (AvgIpc) is 2.01. The van der Waals surface area contributed by atoms with Crippen molar-refractivity contribution in [3.8, 4) is 5.75 Å². The lowest BCUT2D eigenvalue weighted by atomic mass is 10.0. The van der Waals surface area contributed by atoms with Crippen LogP contribution in [0.1, 0.15) is 24.1 Å². The van der Waals surface area contributed by atoms with Crippen LogP contribution in [0.25, 0.3) is 0 Å². The second-order valence-corrected chi connectivity index (χ2v) is 3.37. The van der Waals surface area contributed by atoms with E-state index in [4.69, 9.17) is 5.73 Å². The molecule has 1 aromatic carbocycles. The minimum Gasteiger partial charge on any atom is -0.508 e. The van der Waals surface area contributed by atoms with E-state index in [-0.39, 0.29) is 5.75 Å².